The summed E-state index contributed by atoms with van der Waals surface area (Å²) in [5, 5.41) is 1.78. The van der Waals surface area contributed by atoms with Gasteiger partial charge in [0.2, 0.25) is 5.91 Å². The van der Waals surface area contributed by atoms with Gasteiger partial charge in [-0.2, -0.15) is 0 Å². The monoisotopic (exact) mass is 296 g/mol. The molecule has 1 aliphatic rings. The molecule has 0 atom stereocenters. The summed E-state index contributed by atoms with van der Waals surface area (Å²) in [4.78, 5) is 33.5. The maximum atomic E-state index is 12.2. The summed E-state index contributed by atoms with van der Waals surface area (Å²) in [7, 11) is 3.52. The Bertz CT molecular complexity index is 461. The Morgan fingerprint density at radius 3 is 2.75 bits per heavy atom. The third kappa shape index (κ3) is 3.77. The van der Waals surface area contributed by atoms with Gasteiger partial charge in [0.25, 0.3) is 5.91 Å². The van der Waals surface area contributed by atoms with Crippen LogP contribution in [-0.2, 0) is 4.79 Å². The summed E-state index contributed by atoms with van der Waals surface area (Å²) in [5.41, 5.74) is 2.19. The Hall–Kier alpha value is -1.47. The van der Waals surface area contributed by atoms with Crippen LogP contribution in [0.1, 0.15) is 16.9 Å². The third-order valence-corrected chi connectivity index (χ3v) is 3.97. The molecule has 7 heteroatoms. The number of hydrogen-bond acceptors (Lipinski definition) is 5. The van der Waals surface area contributed by atoms with Gasteiger partial charge in [0.05, 0.1) is 12.1 Å². The minimum absolute atomic E-state index is 0.00737. The van der Waals surface area contributed by atoms with Gasteiger partial charge in [0.15, 0.2) is 0 Å². The average Bonchev–Trinajstić information content (AvgIpc) is 2.85. The van der Waals surface area contributed by atoms with E-state index in [1.807, 2.05) is 4.90 Å². The Morgan fingerprint density at radius 2 is 2.10 bits per heavy atom. The molecule has 20 heavy (non-hydrogen) atoms. The fourth-order valence-electron chi connectivity index (χ4n) is 2.14. The standard InChI is InChI=1S/C13H20N4O2S/c1-15(2)12(18)8-16-4-3-5-17(7-6-16)13(19)11-9-20-10-14-11/h9-10H,3-8H2,1-2H3. The fraction of sp³-hybridized carbons (Fsp3) is 0.615. The molecule has 2 amide bonds. The first-order chi connectivity index (χ1) is 9.58. The molecule has 110 valence electrons. The zero-order valence-electron chi connectivity index (χ0n) is 11.9. The minimum Gasteiger partial charge on any atom is -0.348 e. The van der Waals surface area contributed by atoms with Gasteiger partial charge in [-0.3, -0.25) is 14.5 Å². The van der Waals surface area contributed by atoms with E-state index in [2.05, 4.69) is 9.88 Å². The van der Waals surface area contributed by atoms with E-state index in [1.165, 1.54) is 11.3 Å². The van der Waals surface area contributed by atoms with Crippen molar-refractivity contribution < 1.29 is 9.59 Å². The number of thiazole rings is 1. The molecule has 0 radical (unpaired) electrons. The van der Waals surface area contributed by atoms with E-state index in [-0.39, 0.29) is 11.8 Å². The summed E-state index contributed by atoms with van der Waals surface area (Å²) >= 11 is 1.43. The zero-order chi connectivity index (χ0) is 14.5. The second-order valence-electron chi connectivity index (χ2n) is 5.08. The molecular weight excluding hydrogens is 276 g/mol. The van der Waals surface area contributed by atoms with E-state index in [1.54, 1.807) is 29.9 Å². The topological polar surface area (TPSA) is 56.8 Å². The van der Waals surface area contributed by atoms with Crippen LogP contribution in [0.15, 0.2) is 10.9 Å². The number of aromatic nitrogens is 1. The van der Waals surface area contributed by atoms with Gasteiger partial charge >= 0.3 is 0 Å². The number of nitrogens with zero attached hydrogens (tertiary/aromatic N) is 4. The van der Waals surface area contributed by atoms with Crippen LogP contribution in [0, 0.1) is 0 Å². The van der Waals surface area contributed by atoms with Crippen LogP contribution < -0.4 is 0 Å². The highest BCUT2D eigenvalue weighted by molar-refractivity contribution is 7.07. The highest BCUT2D eigenvalue weighted by Crippen LogP contribution is 2.09. The fourth-order valence-corrected chi connectivity index (χ4v) is 2.67. The largest absolute Gasteiger partial charge is 0.348 e. The molecule has 0 saturated carbocycles. The molecule has 1 aromatic rings. The molecule has 1 aliphatic heterocycles. The van der Waals surface area contributed by atoms with E-state index in [9.17, 15) is 9.59 Å². The first-order valence-corrected chi connectivity index (χ1v) is 7.62. The Balaban J connectivity index is 1.89. The molecule has 0 bridgehead atoms. The number of hydrogen-bond donors (Lipinski definition) is 0. The SMILES string of the molecule is CN(C)C(=O)CN1CCCN(C(=O)c2cscn2)CC1. The average molecular weight is 296 g/mol. The first-order valence-electron chi connectivity index (χ1n) is 6.68. The number of rotatable bonds is 3. The van der Waals surface area contributed by atoms with Crippen molar-refractivity contribution in [1.82, 2.24) is 19.7 Å². The first kappa shape index (κ1) is 14.9. The molecule has 2 rings (SSSR count). The normalized spacial score (nSPS) is 16.8. The number of carbonyl (C=O) groups excluding carboxylic acids is 2. The van der Waals surface area contributed by atoms with Crippen LogP contribution in [0.5, 0.6) is 0 Å². The lowest BCUT2D eigenvalue weighted by Crippen LogP contribution is -2.39. The van der Waals surface area contributed by atoms with Gasteiger partial charge in [-0.15, -0.1) is 11.3 Å². The smallest absolute Gasteiger partial charge is 0.273 e. The Kier molecular flexibility index (Phi) is 5.08. The number of amides is 2. The second-order valence-corrected chi connectivity index (χ2v) is 5.80. The third-order valence-electron chi connectivity index (χ3n) is 3.38. The van der Waals surface area contributed by atoms with Gasteiger partial charge in [-0.1, -0.05) is 0 Å². The molecule has 1 fully saturated rings. The van der Waals surface area contributed by atoms with E-state index in [4.69, 9.17) is 0 Å². The molecule has 6 nitrogen and oxygen atoms in total. The maximum Gasteiger partial charge on any atom is 0.273 e. The van der Waals surface area contributed by atoms with Crippen molar-refractivity contribution in [2.75, 3.05) is 46.8 Å². The number of likely N-dealkylation sites (N-methyl/N-ethyl adjacent to an activating group) is 1. The molecule has 0 spiro atoms. The summed E-state index contributed by atoms with van der Waals surface area (Å²) < 4.78 is 0. The summed E-state index contributed by atoms with van der Waals surface area (Å²) in [6, 6.07) is 0. The van der Waals surface area contributed by atoms with E-state index in [0.29, 0.717) is 18.8 Å². The van der Waals surface area contributed by atoms with E-state index in [0.717, 1.165) is 26.1 Å². The molecule has 1 aromatic heterocycles. The van der Waals surface area contributed by atoms with Gasteiger partial charge in [0.1, 0.15) is 5.69 Å². The molecular formula is C13H20N4O2S. The Morgan fingerprint density at radius 1 is 1.30 bits per heavy atom. The van der Waals surface area contributed by atoms with Crippen molar-refractivity contribution >= 4 is 23.2 Å². The van der Waals surface area contributed by atoms with Crippen molar-refractivity contribution in [2.24, 2.45) is 0 Å². The maximum absolute atomic E-state index is 12.2. The van der Waals surface area contributed by atoms with Gasteiger partial charge in [0, 0.05) is 45.7 Å². The second kappa shape index (κ2) is 6.81. The van der Waals surface area contributed by atoms with E-state index < -0.39 is 0 Å². The van der Waals surface area contributed by atoms with E-state index >= 15 is 0 Å². The highest BCUT2D eigenvalue weighted by atomic mass is 32.1. The van der Waals surface area contributed by atoms with Crippen molar-refractivity contribution in [3.8, 4) is 0 Å². The molecule has 0 unspecified atom stereocenters. The van der Waals surface area contributed by atoms with Crippen LogP contribution in [0.2, 0.25) is 0 Å². The highest BCUT2D eigenvalue weighted by Gasteiger charge is 2.22. The molecule has 0 N–H and O–H groups in total. The number of carbonyl (C=O) groups is 2. The lowest BCUT2D eigenvalue weighted by atomic mass is 10.3. The Labute approximate surface area is 123 Å². The minimum atomic E-state index is -0.00737. The lowest BCUT2D eigenvalue weighted by molar-refractivity contribution is -0.129. The van der Waals surface area contributed by atoms with Crippen LogP contribution in [-0.4, -0.2) is 78.3 Å². The van der Waals surface area contributed by atoms with Crippen LogP contribution in [0.3, 0.4) is 0 Å². The van der Waals surface area contributed by atoms with Gasteiger partial charge in [-0.05, 0) is 6.42 Å². The van der Waals surface area contributed by atoms with Crippen LogP contribution in [0.25, 0.3) is 0 Å². The molecule has 0 aromatic carbocycles. The van der Waals surface area contributed by atoms with Crippen molar-refractivity contribution in [2.45, 2.75) is 6.42 Å². The quantitative estimate of drug-likeness (QED) is 0.809. The summed E-state index contributed by atoms with van der Waals surface area (Å²) in [6.45, 7) is 3.38. The molecule has 1 saturated heterocycles. The van der Waals surface area contributed by atoms with Crippen molar-refractivity contribution in [3.05, 3.63) is 16.6 Å². The lowest BCUT2D eigenvalue weighted by Gasteiger charge is -2.22. The summed E-state index contributed by atoms with van der Waals surface area (Å²) in [6.07, 6.45) is 0.886. The van der Waals surface area contributed by atoms with Crippen LogP contribution >= 0.6 is 11.3 Å². The predicted molar refractivity (Wildman–Crippen MR) is 77.8 cm³/mol. The van der Waals surface area contributed by atoms with Gasteiger partial charge in [-0.25, -0.2) is 4.98 Å². The molecule has 0 aliphatic carbocycles. The predicted octanol–water partition coefficient (Wildman–Crippen LogP) is 0.379. The van der Waals surface area contributed by atoms with Crippen molar-refractivity contribution in [3.63, 3.8) is 0 Å². The van der Waals surface area contributed by atoms with Crippen molar-refractivity contribution in [1.29, 1.82) is 0 Å². The molecule has 2 heterocycles. The summed E-state index contributed by atoms with van der Waals surface area (Å²) in [5.74, 6) is 0.0938. The zero-order valence-corrected chi connectivity index (χ0v) is 12.7. The van der Waals surface area contributed by atoms with Crippen LogP contribution in [0.4, 0.5) is 0 Å². The van der Waals surface area contributed by atoms with Gasteiger partial charge < -0.3 is 9.80 Å².